The molecule has 0 bridgehead atoms. The largest absolute Gasteiger partial charge is 0.465 e. The zero-order chi connectivity index (χ0) is 23.4. The van der Waals surface area contributed by atoms with Gasteiger partial charge in [0.1, 0.15) is 5.69 Å². The summed E-state index contributed by atoms with van der Waals surface area (Å²) < 4.78 is 41.5. The van der Waals surface area contributed by atoms with Gasteiger partial charge >= 0.3 is 6.09 Å². The van der Waals surface area contributed by atoms with Crippen LogP contribution in [0.4, 0.5) is 23.7 Å². The highest BCUT2D eigenvalue weighted by Gasteiger charge is 2.16. The molecule has 0 atom stereocenters. The van der Waals surface area contributed by atoms with Gasteiger partial charge < -0.3 is 10.0 Å². The quantitative estimate of drug-likeness (QED) is 0.564. The van der Waals surface area contributed by atoms with Crippen LogP contribution in [0.2, 0.25) is 0 Å². The van der Waals surface area contributed by atoms with Gasteiger partial charge in [0.15, 0.2) is 17.5 Å². The van der Waals surface area contributed by atoms with E-state index in [1.165, 1.54) is 17.2 Å². The Hall–Kier alpha value is -3.66. The van der Waals surface area contributed by atoms with E-state index in [0.717, 1.165) is 16.8 Å². The van der Waals surface area contributed by atoms with Gasteiger partial charge in [-0.1, -0.05) is 12.1 Å². The van der Waals surface area contributed by atoms with Crippen LogP contribution in [0.3, 0.4) is 0 Å². The maximum absolute atomic E-state index is 13.6. The first kappa shape index (κ1) is 23.0. The Labute approximate surface area is 181 Å². The highest BCUT2D eigenvalue weighted by atomic mass is 19.2. The lowest BCUT2D eigenvalue weighted by molar-refractivity contribution is 0.201. The lowest BCUT2D eigenvalue weighted by Gasteiger charge is -2.22. The van der Waals surface area contributed by atoms with Crippen molar-refractivity contribution in [3.63, 3.8) is 0 Å². The smallest absolute Gasteiger partial charge is 0.411 e. The minimum Gasteiger partial charge on any atom is -0.465 e. The first-order valence-electron chi connectivity index (χ1n) is 9.63. The molecule has 3 rings (SSSR count). The minimum atomic E-state index is -1.59. The van der Waals surface area contributed by atoms with Crippen LogP contribution in [0.1, 0.15) is 11.3 Å². The predicted octanol–water partition coefficient (Wildman–Crippen LogP) is 3.29. The molecule has 0 radical (unpaired) electrons. The maximum Gasteiger partial charge on any atom is 0.411 e. The molecule has 10 heteroatoms. The summed E-state index contributed by atoms with van der Waals surface area (Å²) in [6.45, 7) is 0.774. The zero-order valence-corrected chi connectivity index (χ0v) is 17.4. The maximum atomic E-state index is 13.6. The van der Waals surface area contributed by atoms with E-state index in [2.05, 4.69) is 5.10 Å². The second-order valence-electron chi connectivity index (χ2n) is 7.38. The number of amides is 1. The average Bonchev–Trinajstić information content (AvgIpc) is 2.73. The molecule has 0 aliphatic rings. The highest BCUT2D eigenvalue weighted by Crippen LogP contribution is 2.19. The average molecular weight is 446 g/mol. The molecular weight excluding hydrogens is 425 g/mol. The first-order valence-corrected chi connectivity index (χ1v) is 9.63. The summed E-state index contributed by atoms with van der Waals surface area (Å²) in [5.74, 6) is -4.34. The molecule has 3 aromatic rings. The Morgan fingerprint density at radius 2 is 1.75 bits per heavy atom. The van der Waals surface area contributed by atoms with E-state index in [1.807, 2.05) is 19.0 Å². The van der Waals surface area contributed by atoms with Crippen LogP contribution in [0.25, 0.3) is 5.69 Å². The topological polar surface area (TPSA) is 78.7 Å². The highest BCUT2D eigenvalue weighted by molar-refractivity contribution is 5.86. The fourth-order valence-electron chi connectivity index (χ4n) is 3.05. The van der Waals surface area contributed by atoms with Gasteiger partial charge in [0.25, 0.3) is 0 Å². The van der Waals surface area contributed by atoms with Gasteiger partial charge in [-0.15, -0.1) is 0 Å². The van der Waals surface area contributed by atoms with Crippen molar-refractivity contribution in [3.8, 4) is 5.69 Å². The third kappa shape index (κ3) is 5.33. The van der Waals surface area contributed by atoms with Crippen LogP contribution >= 0.6 is 0 Å². The van der Waals surface area contributed by atoms with Crippen molar-refractivity contribution in [2.75, 3.05) is 32.1 Å². The third-order valence-corrected chi connectivity index (χ3v) is 4.71. The van der Waals surface area contributed by atoms with Crippen LogP contribution < -0.4 is 10.3 Å². The number of anilines is 1. The van der Waals surface area contributed by atoms with Crippen LogP contribution in [-0.4, -0.2) is 53.1 Å². The molecule has 1 aromatic heterocycles. The summed E-state index contributed by atoms with van der Waals surface area (Å²) in [5, 5.41) is 13.7. The number of hydrogen-bond acceptors (Lipinski definition) is 4. The standard InChI is InChI=1S/C22H21F3N4O3/c1-27(2)8-9-28(22(31)32)15-5-3-4-14(10-15)11-19-20(30)6-7-29(26-19)16-12-17(23)21(25)18(24)13-16/h3-7,10,12-13H,8-9,11H2,1-2H3,(H,31,32). The number of benzene rings is 2. The normalized spacial score (nSPS) is 11.1. The van der Waals surface area contributed by atoms with Crippen molar-refractivity contribution < 1.29 is 23.1 Å². The molecule has 0 aliphatic heterocycles. The van der Waals surface area contributed by atoms with Crippen molar-refractivity contribution >= 4 is 11.8 Å². The number of halogens is 3. The number of nitrogens with zero attached hydrogens (tertiary/aromatic N) is 4. The molecular formula is C22H21F3N4O3. The summed E-state index contributed by atoms with van der Waals surface area (Å²) >= 11 is 0. The molecule has 0 spiro atoms. The van der Waals surface area contributed by atoms with E-state index in [9.17, 15) is 27.9 Å². The van der Waals surface area contributed by atoms with Crippen molar-refractivity contribution in [2.45, 2.75) is 6.42 Å². The molecule has 2 aromatic carbocycles. The SMILES string of the molecule is CN(C)CCN(C(=O)O)c1cccc(Cc2nn(-c3cc(F)c(F)c(F)c3)ccc2=O)c1. The van der Waals surface area contributed by atoms with E-state index >= 15 is 0 Å². The molecule has 0 fully saturated rings. The van der Waals surface area contributed by atoms with E-state index in [0.29, 0.717) is 17.8 Å². The molecule has 1 N–H and O–H groups in total. The third-order valence-electron chi connectivity index (χ3n) is 4.71. The zero-order valence-electron chi connectivity index (χ0n) is 17.4. The van der Waals surface area contributed by atoms with Crippen LogP contribution in [0.5, 0.6) is 0 Å². The summed E-state index contributed by atoms with van der Waals surface area (Å²) in [6, 6.07) is 9.40. The first-order chi connectivity index (χ1) is 15.2. The molecule has 0 unspecified atom stereocenters. The number of hydrogen-bond donors (Lipinski definition) is 1. The Morgan fingerprint density at radius 3 is 2.38 bits per heavy atom. The van der Waals surface area contributed by atoms with Crippen LogP contribution in [0, 0.1) is 17.5 Å². The van der Waals surface area contributed by atoms with Crippen molar-refractivity contribution in [2.24, 2.45) is 0 Å². The summed E-state index contributed by atoms with van der Waals surface area (Å²) in [5.41, 5.74) is 0.646. The van der Waals surface area contributed by atoms with E-state index in [4.69, 9.17) is 0 Å². The number of aromatic nitrogens is 2. The fourth-order valence-corrected chi connectivity index (χ4v) is 3.05. The number of carbonyl (C=O) groups is 1. The minimum absolute atomic E-state index is 0.0564. The van der Waals surface area contributed by atoms with Gasteiger partial charge in [-0.25, -0.2) is 22.6 Å². The predicted molar refractivity (Wildman–Crippen MR) is 113 cm³/mol. The van der Waals surface area contributed by atoms with E-state index in [-0.39, 0.29) is 24.3 Å². The Balaban J connectivity index is 1.91. The molecule has 1 heterocycles. The summed E-state index contributed by atoms with van der Waals surface area (Å²) in [7, 11) is 3.67. The van der Waals surface area contributed by atoms with Gasteiger partial charge in [0, 0.05) is 49.6 Å². The van der Waals surface area contributed by atoms with Gasteiger partial charge in [-0.3, -0.25) is 9.69 Å². The molecule has 0 saturated carbocycles. The van der Waals surface area contributed by atoms with Crippen molar-refractivity contribution in [1.82, 2.24) is 14.7 Å². The molecule has 0 aliphatic carbocycles. The van der Waals surface area contributed by atoms with Crippen molar-refractivity contribution in [1.29, 1.82) is 0 Å². The number of carboxylic acid groups (broad SMARTS) is 1. The Bertz CT molecular complexity index is 1170. The lowest BCUT2D eigenvalue weighted by Crippen LogP contribution is -2.35. The number of likely N-dealkylation sites (N-methyl/N-ethyl adjacent to an activating group) is 1. The molecule has 0 saturated heterocycles. The summed E-state index contributed by atoms with van der Waals surface area (Å²) in [6.07, 6.45) is 0.173. The molecule has 1 amide bonds. The number of rotatable bonds is 7. The van der Waals surface area contributed by atoms with Gasteiger partial charge in [0.2, 0.25) is 5.43 Å². The second-order valence-corrected chi connectivity index (χ2v) is 7.38. The summed E-state index contributed by atoms with van der Waals surface area (Å²) in [4.78, 5) is 27.0. The van der Waals surface area contributed by atoms with Gasteiger partial charge in [0.05, 0.1) is 5.69 Å². The van der Waals surface area contributed by atoms with Crippen LogP contribution in [-0.2, 0) is 6.42 Å². The monoisotopic (exact) mass is 446 g/mol. The molecule has 168 valence electrons. The van der Waals surface area contributed by atoms with Crippen LogP contribution in [0.15, 0.2) is 53.5 Å². The van der Waals surface area contributed by atoms with E-state index in [1.54, 1.807) is 24.3 Å². The lowest BCUT2D eigenvalue weighted by atomic mass is 10.1. The fraction of sp³-hybridized carbons (Fsp3) is 0.227. The Morgan fingerprint density at radius 1 is 1.06 bits per heavy atom. The molecule has 32 heavy (non-hydrogen) atoms. The Kier molecular flexibility index (Phi) is 6.94. The molecule has 7 nitrogen and oxygen atoms in total. The van der Waals surface area contributed by atoms with Gasteiger partial charge in [-0.2, -0.15) is 5.10 Å². The second kappa shape index (κ2) is 9.65. The van der Waals surface area contributed by atoms with Gasteiger partial charge in [-0.05, 0) is 31.8 Å². The van der Waals surface area contributed by atoms with E-state index < -0.39 is 29.0 Å². The van der Waals surface area contributed by atoms with Crippen molar-refractivity contribution in [3.05, 3.63) is 87.6 Å².